The second kappa shape index (κ2) is 14.1. The molecule has 0 radical (unpaired) electrons. The molecular weight excluding hydrogens is 359 g/mol. The van der Waals surface area contributed by atoms with Gasteiger partial charge in [-0.05, 0) is 25.2 Å². The highest BCUT2D eigenvalue weighted by Crippen LogP contribution is 2.24. The van der Waals surface area contributed by atoms with Gasteiger partial charge in [-0.25, -0.2) is 0 Å². The van der Waals surface area contributed by atoms with E-state index < -0.39 is 37.1 Å². The fourth-order valence-electron chi connectivity index (χ4n) is 1.41. The molecular formula is C15H28F3N3O3S. The Hall–Kier alpha value is -1.10. The number of nitrogens with one attached hydrogen (secondary N) is 1. The summed E-state index contributed by atoms with van der Waals surface area (Å²) in [6, 6.07) is -1.11. The van der Waals surface area contributed by atoms with E-state index in [4.69, 9.17) is 10.8 Å². The average molecular weight is 387 g/mol. The number of nitrogens with two attached hydrogens (primary N) is 1. The monoisotopic (exact) mass is 387 g/mol. The predicted octanol–water partition coefficient (Wildman–Crippen LogP) is 1.82. The lowest BCUT2D eigenvalue weighted by molar-refractivity contribution is -0.139. The van der Waals surface area contributed by atoms with Crippen molar-refractivity contribution in [3.63, 3.8) is 0 Å². The minimum atomic E-state index is -4.37. The van der Waals surface area contributed by atoms with Crippen LogP contribution in [0.15, 0.2) is 17.0 Å². The fourth-order valence-corrected chi connectivity index (χ4v) is 1.99. The zero-order chi connectivity index (χ0) is 20.0. The van der Waals surface area contributed by atoms with Crippen LogP contribution in [0.5, 0.6) is 0 Å². The number of aliphatic imine (C=N–C) groups is 1. The van der Waals surface area contributed by atoms with Crippen molar-refractivity contribution in [1.82, 2.24) is 5.32 Å². The maximum Gasteiger partial charge on any atom is 0.389 e. The van der Waals surface area contributed by atoms with Gasteiger partial charge in [0.05, 0.1) is 18.7 Å². The molecule has 1 amide bonds. The zero-order valence-corrected chi connectivity index (χ0v) is 15.5. The molecule has 0 aromatic rings. The first-order chi connectivity index (χ1) is 11.5. The summed E-state index contributed by atoms with van der Waals surface area (Å²) in [6.45, 7) is 6.79. The molecule has 0 spiro atoms. The summed E-state index contributed by atoms with van der Waals surface area (Å²) < 4.78 is 36.8. The smallest absolute Gasteiger partial charge is 0.389 e. The van der Waals surface area contributed by atoms with Crippen LogP contribution in [0.1, 0.15) is 33.1 Å². The number of carbonyl (C=O) groups is 1. The average Bonchev–Trinajstić information content (AvgIpc) is 2.55. The van der Waals surface area contributed by atoms with Crippen LogP contribution in [0.3, 0.4) is 0 Å². The van der Waals surface area contributed by atoms with Crippen molar-refractivity contribution in [3.05, 3.63) is 12.0 Å². The lowest BCUT2D eigenvalue weighted by Gasteiger charge is -2.25. The maximum atomic E-state index is 12.3. The van der Waals surface area contributed by atoms with E-state index in [9.17, 15) is 23.1 Å². The number of halogens is 3. The Labute approximate surface area is 150 Å². The molecule has 25 heavy (non-hydrogen) atoms. The van der Waals surface area contributed by atoms with Gasteiger partial charge < -0.3 is 21.3 Å². The van der Waals surface area contributed by atoms with E-state index >= 15 is 0 Å². The molecule has 0 fully saturated rings. The first-order valence-electron chi connectivity index (χ1n) is 7.68. The molecule has 0 saturated heterocycles. The first-order valence-corrected chi connectivity index (χ1v) is 8.56. The molecule has 0 aliphatic heterocycles. The molecule has 10 heteroatoms. The SMILES string of the molecule is C=CSC(=NC)C(O)C(CCC(F)(F)F)NC(=O)CN.CCC(C)O. The number of rotatable bonds is 8. The van der Waals surface area contributed by atoms with Crippen LogP contribution in [-0.4, -0.2) is 59.2 Å². The lowest BCUT2D eigenvalue weighted by Crippen LogP contribution is -2.48. The summed E-state index contributed by atoms with van der Waals surface area (Å²) in [6.07, 6.45) is -6.57. The molecule has 0 saturated carbocycles. The maximum absolute atomic E-state index is 12.3. The summed E-state index contributed by atoms with van der Waals surface area (Å²) in [5.41, 5.74) is 5.10. The predicted molar refractivity (Wildman–Crippen MR) is 95.4 cm³/mol. The minimum absolute atomic E-state index is 0.116. The Morgan fingerprint density at radius 3 is 2.28 bits per heavy atom. The second-order valence-corrected chi connectivity index (χ2v) is 6.07. The quantitative estimate of drug-likeness (QED) is 0.375. The van der Waals surface area contributed by atoms with E-state index in [0.717, 1.165) is 18.2 Å². The molecule has 0 aromatic heterocycles. The molecule has 3 unspecified atom stereocenters. The second-order valence-electron chi connectivity index (χ2n) is 5.08. The molecule has 0 aliphatic rings. The van der Waals surface area contributed by atoms with Crippen molar-refractivity contribution in [1.29, 1.82) is 0 Å². The zero-order valence-electron chi connectivity index (χ0n) is 14.7. The molecule has 0 rings (SSSR count). The van der Waals surface area contributed by atoms with Crippen molar-refractivity contribution < 1.29 is 28.2 Å². The van der Waals surface area contributed by atoms with Gasteiger partial charge in [0.25, 0.3) is 0 Å². The normalized spacial score (nSPS) is 15.5. The standard InChI is InChI=1S/C11H18F3N3O2S.C4H10O/c1-3-20-10(16-2)9(19)7(17-8(18)6-15)4-5-11(12,13)14;1-3-4(2)5/h3,7,9,19H,1,4-6,15H2,2H3,(H,17,18);4-5H,3H2,1-2H3. The molecule has 148 valence electrons. The van der Waals surface area contributed by atoms with Crippen molar-refractivity contribution in [2.45, 2.75) is 57.5 Å². The number of alkyl halides is 3. The van der Waals surface area contributed by atoms with Gasteiger partial charge in [-0.15, -0.1) is 0 Å². The topological polar surface area (TPSA) is 108 Å². The number of hydrogen-bond acceptors (Lipinski definition) is 6. The molecule has 6 nitrogen and oxygen atoms in total. The van der Waals surface area contributed by atoms with E-state index in [1.807, 2.05) is 6.92 Å². The Morgan fingerprint density at radius 2 is 1.96 bits per heavy atom. The van der Waals surface area contributed by atoms with Gasteiger partial charge in [-0.3, -0.25) is 9.79 Å². The van der Waals surface area contributed by atoms with Crippen LogP contribution < -0.4 is 11.1 Å². The Morgan fingerprint density at radius 1 is 1.44 bits per heavy atom. The summed E-state index contributed by atoms with van der Waals surface area (Å²) in [4.78, 5) is 15.0. The molecule has 3 atom stereocenters. The molecule has 0 aromatic carbocycles. The van der Waals surface area contributed by atoms with E-state index in [1.165, 1.54) is 12.5 Å². The number of nitrogens with zero attached hydrogens (tertiary/aromatic N) is 1. The van der Waals surface area contributed by atoms with Gasteiger partial charge in [0.2, 0.25) is 5.91 Å². The fraction of sp³-hybridized carbons (Fsp3) is 0.733. The van der Waals surface area contributed by atoms with Crippen molar-refractivity contribution in [3.8, 4) is 0 Å². The third kappa shape index (κ3) is 14.9. The Kier molecular flexibility index (Phi) is 14.7. The summed E-state index contributed by atoms with van der Waals surface area (Å²) in [7, 11) is 1.39. The van der Waals surface area contributed by atoms with Crippen LogP contribution in [0.25, 0.3) is 0 Å². The van der Waals surface area contributed by atoms with Crippen molar-refractivity contribution in [2.24, 2.45) is 10.7 Å². The number of amides is 1. The molecule has 0 bridgehead atoms. The summed E-state index contributed by atoms with van der Waals surface area (Å²) in [5, 5.41) is 22.2. The van der Waals surface area contributed by atoms with E-state index in [-0.39, 0.29) is 17.7 Å². The van der Waals surface area contributed by atoms with Crippen molar-refractivity contribution >= 4 is 22.7 Å². The largest absolute Gasteiger partial charge is 0.393 e. The third-order valence-corrected chi connectivity index (χ3v) is 3.75. The highest BCUT2D eigenvalue weighted by molar-refractivity contribution is 8.16. The molecule has 0 heterocycles. The number of thioether (sulfide) groups is 1. The summed E-state index contributed by atoms with van der Waals surface area (Å²) in [5.74, 6) is -0.643. The molecule has 0 aliphatic carbocycles. The van der Waals surface area contributed by atoms with Gasteiger partial charge in [-0.1, -0.05) is 25.3 Å². The van der Waals surface area contributed by atoms with Crippen molar-refractivity contribution in [2.75, 3.05) is 13.6 Å². The third-order valence-electron chi connectivity index (χ3n) is 2.92. The van der Waals surface area contributed by atoms with Gasteiger partial charge in [0, 0.05) is 13.5 Å². The Balaban J connectivity index is 0. The number of aliphatic hydroxyl groups excluding tert-OH is 2. The highest BCUT2D eigenvalue weighted by Gasteiger charge is 2.32. The summed E-state index contributed by atoms with van der Waals surface area (Å²) >= 11 is 0.981. The molecule has 5 N–H and O–H groups in total. The van der Waals surface area contributed by atoms with E-state index in [2.05, 4.69) is 16.9 Å². The van der Waals surface area contributed by atoms with Crippen LogP contribution >= 0.6 is 11.8 Å². The number of aliphatic hydroxyl groups is 2. The highest BCUT2D eigenvalue weighted by atomic mass is 32.2. The van der Waals surface area contributed by atoms with Gasteiger partial charge in [0.15, 0.2) is 0 Å². The van der Waals surface area contributed by atoms with Gasteiger partial charge in [0.1, 0.15) is 11.1 Å². The van der Waals surface area contributed by atoms with Crippen LogP contribution in [-0.2, 0) is 4.79 Å². The van der Waals surface area contributed by atoms with Gasteiger partial charge >= 0.3 is 6.18 Å². The van der Waals surface area contributed by atoms with Crippen LogP contribution in [0, 0.1) is 0 Å². The number of hydrogen-bond donors (Lipinski definition) is 4. The van der Waals surface area contributed by atoms with E-state index in [0.29, 0.717) is 0 Å². The Bertz CT molecular complexity index is 419. The minimum Gasteiger partial charge on any atom is -0.393 e. The van der Waals surface area contributed by atoms with Crippen LogP contribution in [0.2, 0.25) is 0 Å². The van der Waals surface area contributed by atoms with Gasteiger partial charge in [-0.2, -0.15) is 13.2 Å². The number of carbonyl (C=O) groups excluding carboxylic acids is 1. The lowest BCUT2D eigenvalue weighted by atomic mass is 10.1. The van der Waals surface area contributed by atoms with E-state index in [1.54, 1.807) is 6.92 Å². The van der Waals surface area contributed by atoms with Crippen LogP contribution in [0.4, 0.5) is 13.2 Å². The first kappa shape index (κ1) is 26.1.